The van der Waals surface area contributed by atoms with Gasteiger partial charge in [-0.1, -0.05) is 32.1 Å². The van der Waals surface area contributed by atoms with Crippen LogP contribution in [0.15, 0.2) is 23.0 Å². The Labute approximate surface area is 144 Å². The lowest BCUT2D eigenvalue weighted by Crippen LogP contribution is -2.58. The Bertz CT molecular complexity index is 511. The van der Waals surface area contributed by atoms with Gasteiger partial charge in [-0.25, -0.2) is 0 Å². The molecule has 1 atom stereocenters. The molecule has 0 bridgehead atoms. The molecule has 1 aromatic heterocycles. The Morgan fingerprint density at radius 1 is 1.29 bits per heavy atom. The summed E-state index contributed by atoms with van der Waals surface area (Å²) >= 11 is 0. The van der Waals surface area contributed by atoms with Crippen LogP contribution in [-0.2, 0) is 11.3 Å². The highest BCUT2D eigenvalue weighted by Crippen LogP contribution is 2.28. The summed E-state index contributed by atoms with van der Waals surface area (Å²) in [6, 6.07) is 1.89. The quantitative estimate of drug-likeness (QED) is 0.805. The molecule has 2 heterocycles. The van der Waals surface area contributed by atoms with E-state index in [-0.39, 0.29) is 5.91 Å². The van der Waals surface area contributed by atoms with Crippen LogP contribution in [0.4, 0.5) is 0 Å². The first-order chi connectivity index (χ1) is 11.7. The van der Waals surface area contributed by atoms with E-state index in [1.165, 1.54) is 32.1 Å². The largest absolute Gasteiger partial charge is 0.472 e. The van der Waals surface area contributed by atoms with Crippen molar-refractivity contribution < 1.29 is 14.3 Å². The van der Waals surface area contributed by atoms with Crippen LogP contribution in [0.25, 0.3) is 0 Å². The van der Waals surface area contributed by atoms with E-state index in [0.29, 0.717) is 19.5 Å². The molecule has 1 saturated heterocycles. The summed E-state index contributed by atoms with van der Waals surface area (Å²) in [6.45, 7) is 2.49. The van der Waals surface area contributed by atoms with Crippen LogP contribution in [0, 0.1) is 5.92 Å². The summed E-state index contributed by atoms with van der Waals surface area (Å²) < 4.78 is 5.03. The smallest absolute Gasteiger partial charge is 0.255 e. The highest BCUT2D eigenvalue weighted by molar-refractivity contribution is 5.86. The molecule has 1 amide bonds. The third-order valence-electron chi connectivity index (χ3n) is 5.56. The molecule has 0 unspecified atom stereocenters. The van der Waals surface area contributed by atoms with Gasteiger partial charge >= 0.3 is 0 Å². The van der Waals surface area contributed by atoms with Crippen LogP contribution in [0.1, 0.15) is 56.9 Å². The van der Waals surface area contributed by atoms with Crippen molar-refractivity contribution in [2.75, 3.05) is 19.6 Å². The monoisotopic (exact) mass is 334 g/mol. The van der Waals surface area contributed by atoms with Crippen LogP contribution >= 0.6 is 0 Å². The summed E-state index contributed by atoms with van der Waals surface area (Å²) in [4.78, 5) is 14.6. The van der Waals surface area contributed by atoms with Crippen molar-refractivity contribution in [1.29, 1.82) is 0 Å². The molecule has 134 valence electrons. The number of aliphatic hydroxyl groups is 1. The molecular formula is C19H30N2O3. The molecule has 2 fully saturated rings. The first kappa shape index (κ1) is 17.5. The number of nitrogens with one attached hydrogen (secondary N) is 1. The van der Waals surface area contributed by atoms with Crippen LogP contribution < -0.4 is 5.32 Å². The summed E-state index contributed by atoms with van der Waals surface area (Å²) in [5, 5.41) is 14.0. The molecule has 2 N–H and O–H groups in total. The molecule has 0 aromatic carbocycles. The number of furan rings is 1. The van der Waals surface area contributed by atoms with Crippen molar-refractivity contribution in [2.24, 2.45) is 5.92 Å². The average molecular weight is 334 g/mol. The van der Waals surface area contributed by atoms with Gasteiger partial charge in [-0.15, -0.1) is 0 Å². The van der Waals surface area contributed by atoms with Crippen molar-refractivity contribution >= 4 is 5.91 Å². The molecule has 0 spiro atoms. The maximum Gasteiger partial charge on any atom is 0.255 e. The van der Waals surface area contributed by atoms with E-state index in [0.717, 1.165) is 37.4 Å². The summed E-state index contributed by atoms with van der Waals surface area (Å²) in [5.41, 5.74) is -0.231. The van der Waals surface area contributed by atoms with Crippen molar-refractivity contribution in [3.05, 3.63) is 24.2 Å². The molecule has 0 radical (unpaired) electrons. The van der Waals surface area contributed by atoms with Gasteiger partial charge < -0.3 is 19.7 Å². The van der Waals surface area contributed by atoms with Crippen molar-refractivity contribution in [3.63, 3.8) is 0 Å². The van der Waals surface area contributed by atoms with Gasteiger partial charge in [-0.05, 0) is 31.2 Å². The standard InChI is InChI=1S/C19H30N2O3/c22-18-19(23,15-20-13-17-8-12-24-14-17)9-4-10-21(18)11-7-16-5-2-1-3-6-16/h8,12,14,16,20,23H,1-7,9-11,13,15H2/t19-/m1/s1. The van der Waals surface area contributed by atoms with E-state index < -0.39 is 5.60 Å². The topological polar surface area (TPSA) is 65.7 Å². The van der Waals surface area contributed by atoms with E-state index in [1.807, 2.05) is 11.0 Å². The number of amides is 1. The van der Waals surface area contributed by atoms with E-state index in [2.05, 4.69) is 5.32 Å². The third kappa shape index (κ3) is 4.39. The second-order valence-corrected chi connectivity index (χ2v) is 7.46. The van der Waals surface area contributed by atoms with Crippen LogP contribution in [-0.4, -0.2) is 41.1 Å². The Morgan fingerprint density at radius 3 is 2.88 bits per heavy atom. The number of hydrogen-bond donors (Lipinski definition) is 2. The Morgan fingerprint density at radius 2 is 2.12 bits per heavy atom. The lowest BCUT2D eigenvalue weighted by molar-refractivity contribution is -0.156. The van der Waals surface area contributed by atoms with Crippen LogP contribution in [0.5, 0.6) is 0 Å². The Hall–Kier alpha value is -1.33. The van der Waals surface area contributed by atoms with Crippen LogP contribution in [0.2, 0.25) is 0 Å². The zero-order chi connectivity index (χ0) is 16.8. The summed E-state index contributed by atoms with van der Waals surface area (Å²) in [5.74, 6) is 0.671. The minimum atomic E-state index is -1.26. The Balaban J connectivity index is 1.47. The average Bonchev–Trinajstić information content (AvgIpc) is 3.11. The second-order valence-electron chi connectivity index (χ2n) is 7.46. The Kier molecular flexibility index (Phi) is 5.95. The number of likely N-dealkylation sites (tertiary alicyclic amines) is 1. The van der Waals surface area contributed by atoms with Gasteiger partial charge in [0, 0.05) is 31.7 Å². The maximum atomic E-state index is 12.7. The molecule has 1 aliphatic carbocycles. The van der Waals surface area contributed by atoms with Gasteiger partial charge in [-0.3, -0.25) is 4.79 Å². The molecule has 3 rings (SSSR count). The van der Waals surface area contributed by atoms with Crippen molar-refractivity contribution in [1.82, 2.24) is 10.2 Å². The normalized spacial score (nSPS) is 26.0. The van der Waals surface area contributed by atoms with E-state index >= 15 is 0 Å². The minimum Gasteiger partial charge on any atom is -0.472 e. The van der Waals surface area contributed by atoms with Gasteiger partial charge in [0.25, 0.3) is 5.91 Å². The second kappa shape index (κ2) is 8.17. The molecule has 24 heavy (non-hydrogen) atoms. The zero-order valence-electron chi connectivity index (χ0n) is 14.5. The van der Waals surface area contributed by atoms with Crippen molar-refractivity contribution in [3.8, 4) is 0 Å². The fourth-order valence-corrected chi connectivity index (χ4v) is 4.06. The SMILES string of the molecule is O=C1N(CCC2CCCCC2)CCC[C@@]1(O)CNCc1ccoc1. The lowest BCUT2D eigenvalue weighted by Gasteiger charge is -2.39. The van der Waals surface area contributed by atoms with Gasteiger partial charge in [0.15, 0.2) is 5.60 Å². The number of piperidine rings is 1. The molecule has 5 heteroatoms. The number of hydrogen-bond acceptors (Lipinski definition) is 4. The first-order valence-corrected chi connectivity index (χ1v) is 9.41. The third-order valence-corrected chi connectivity index (χ3v) is 5.56. The lowest BCUT2D eigenvalue weighted by atomic mass is 9.86. The van der Waals surface area contributed by atoms with E-state index in [1.54, 1.807) is 12.5 Å². The summed E-state index contributed by atoms with van der Waals surface area (Å²) in [6.07, 6.45) is 12.5. The molecule has 1 aliphatic heterocycles. The van der Waals surface area contributed by atoms with Gasteiger partial charge in [0.1, 0.15) is 0 Å². The number of carbonyl (C=O) groups excluding carboxylic acids is 1. The number of rotatable bonds is 7. The molecule has 1 aromatic rings. The fraction of sp³-hybridized carbons (Fsp3) is 0.737. The first-order valence-electron chi connectivity index (χ1n) is 9.41. The summed E-state index contributed by atoms with van der Waals surface area (Å²) in [7, 11) is 0. The van der Waals surface area contributed by atoms with Gasteiger partial charge in [0.05, 0.1) is 12.5 Å². The fourth-order valence-electron chi connectivity index (χ4n) is 4.06. The van der Waals surface area contributed by atoms with Crippen LogP contribution in [0.3, 0.4) is 0 Å². The molecular weight excluding hydrogens is 304 g/mol. The molecule has 2 aliphatic rings. The number of nitrogens with zero attached hydrogens (tertiary/aromatic N) is 1. The van der Waals surface area contributed by atoms with E-state index in [9.17, 15) is 9.90 Å². The molecule has 5 nitrogen and oxygen atoms in total. The predicted octanol–water partition coefficient (Wildman–Crippen LogP) is 2.69. The highest BCUT2D eigenvalue weighted by atomic mass is 16.3. The predicted molar refractivity (Wildman–Crippen MR) is 92.4 cm³/mol. The zero-order valence-corrected chi connectivity index (χ0v) is 14.5. The van der Waals surface area contributed by atoms with E-state index in [4.69, 9.17) is 4.42 Å². The van der Waals surface area contributed by atoms with Gasteiger partial charge in [-0.2, -0.15) is 0 Å². The minimum absolute atomic E-state index is 0.0933. The molecule has 1 saturated carbocycles. The maximum absolute atomic E-state index is 12.7. The van der Waals surface area contributed by atoms with Gasteiger partial charge in [0.2, 0.25) is 0 Å². The highest BCUT2D eigenvalue weighted by Gasteiger charge is 2.41. The van der Waals surface area contributed by atoms with Crippen molar-refractivity contribution in [2.45, 2.75) is 63.5 Å². The number of carbonyl (C=O) groups is 1.